The van der Waals surface area contributed by atoms with Gasteiger partial charge in [-0.15, -0.1) is 11.3 Å². The van der Waals surface area contributed by atoms with E-state index in [1.54, 1.807) is 38.1 Å². The van der Waals surface area contributed by atoms with Gasteiger partial charge in [0.2, 0.25) is 0 Å². The summed E-state index contributed by atoms with van der Waals surface area (Å²) >= 11 is 7.28. The molecule has 1 aromatic carbocycles. The van der Waals surface area contributed by atoms with E-state index < -0.39 is 10.0 Å². The van der Waals surface area contributed by atoms with Crippen molar-refractivity contribution in [3.8, 4) is 16.4 Å². The molecule has 0 unspecified atom stereocenters. The first-order chi connectivity index (χ1) is 11.8. The summed E-state index contributed by atoms with van der Waals surface area (Å²) in [5.41, 5.74) is 1.00. The number of sulfonamides is 1. The highest BCUT2D eigenvalue weighted by atomic mass is 35.5. The zero-order chi connectivity index (χ0) is 18.2. The number of nitrogens with one attached hydrogen (secondary N) is 1. The second-order valence-corrected chi connectivity index (χ2v) is 8.66. The van der Waals surface area contributed by atoms with Gasteiger partial charge in [0.1, 0.15) is 10.6 Å². The van der Waals surface area contributed by atoms with E-state index in [1.165, 1.54) is 24.5 Å². The number of aryl methyl sites for hydroxylation is 2. The number of hydrogen-bond donors (Lipinski definition) is 1. The van der Waals surface area contributed by atoms with Crippen LogP contribution in [0.3, 0.4) is 0 Å². The normalized spacial score (nSPS) is 11.5. The molecule has 0 spiro atoms. The van der Waals surface area contributed by atoms with Crippen LogP contribution in [0.4, 0.5) is 5.69 Å². The van der Waals surface area contributed by atoms with Gasteiger partial charge in [0.05, 0.1) is 23.4 Å². The molecule has 0 bridgehead atoms. The average Bonchev–Trinajstić information content (AvgIpc) is 3.13. The molecule has 0 fully saturated rings. The first-order valence-corrected chi connectivity index (χ1v) is 9.88. The molecule has 6 nitrogen and oxygen atoms in total. The number of aromatic nitrogens is 1. The summed E-state index contributed by atoms with van der Waals surface area (Å²) in [5.74, 6) is 0.916. The third kappa shape index (κ3) is 3.65. The molecule has 0 aliphatic rings. The number of methoxy groups -OCH3 is 1. The minimum absolute atomic E-state index is 0.170. The van der Waals surface area contributed by atoms with E-state index in [9.17, 15) is 8.42 Å². The number of thiophene rings is 1. The second-order valence-electron chi connectivity index (χ2n) is 5.31. The van der Waals surface area contributed by atoms with Crippen LogP contribution in [0, 0.1) is 13.8 Å². The van der Waals surface area contributed by atoms with Gasteiger partial charge in [0.15, 0.2) is 5.76 Å². The molecule has 25 heavy (non-hydrogen) atoms. The van der Waals surface area contributed by atoms with Crippen LogP contribution in [-0.4, -0.2) is 20.7 Å². The third-order valence-electron chi connectivity index (χ3n) is 3.44. The van der Waals surface area contributed by atoms with Crippen LogP contribution in [0.1, 0.15) is 10.6 Å². The van der Waals surface area contributed by atoms with Crippen molar-refractivity contribution in [2.24, 2.45) is 0 Å². The maximum Gasteiger partial charge on any atom is 0.263 e. The van der Waals surface area contributed by atoms with Crippen LogP contribution >= 0.6 is 22.9 Å². The molecule has 1 N–H and O–H groups in total. The predicted molar refractivity (Wildman–Crippen MR) is 98.1 cm³/mol. The van der Waals surface area contributed by atoms with Crippen molar-refractivity contribution >= 4 is 38.6 Å². The van der Waals surface area contributed by atoms with Crippen molar-refractivity contribution in [2.75, 3.05) is 11.8 Å². The maximum absolute atomic E-state index is 12.8. The Hall–Kier alpha value is -2.03. The van der Waals surface area contributed by atoms with Gasteiger partial charge < -0.3 is 9.26 Å². The molecule has 0 atom stereocenters. The second kappa shape index (κ2) is 6.70. The fourth-order valence-electron chi connectivity index (χ4n) is 2.29. The summed E-state index contributed by atoms with van der Waals surface area (Å²) in [5, 5.41) is 4.23. The SMILES string of the molecule is COc1ccc(Cl)cc1NS(=O)(=O)c1cc(-c2cc(C)no2)sc1C. The Morgan fingerprint density at radius 2 is 2.00 bits per heavy atom. The number of anilines is 1. The molecule has 2 aromatic heterocycles. The Labute approximate surface area is 154 Å². The van der Waals surface area contributed by atoms with Crippen LogP contribution in [0.25, 0.3) is 10.6 Å². The molecule has 0 aliphatic heterocycles. The van der Waals surface area contributed by atoms with Crippen LogP contribution in [0.15, 0.2) is 39.8 Å². The van der Waals surface area contributed by atoms with E-state index in [-0.39, 0.29) is 10.6 Å². The predicted octanol–water partition coefficient (Wildman–Crippen LogP) is 4.48. The van der Waals surface area contributed by atoms with Crippen LogP contribution < -0.4 is 9.46 Å². The molecule has 3 rings (SSSR count). The monoisotopic (exact) mass is 398 g/mol. The molecular formula is C16H15ClN2O4S2. The van der Waals surface area contributed by atoms with Gasteiger partial charge in [-0.2, -0.15) is 0 Å². The molecule has 9 heteroatoms. The number of hydrogen-bond acceptors (Lipinski definition) is 6. The van der Waals surface area contributed by atoms with Gasteiger partial charge in [-0.3, -0.25) is 4.72 Å². The standard InChI is InChI=1S/C16H15ClN2O4S2/c1-9-6-14(23-18-9)15-8-16(10(2)24-15)25(20,21)19-12-7-11(17)4-5-13(12)22-3/h4-8,19H,1-3H3. The lowest BCUT2D eigenvalue weighted by Crippen LogP contribution is -2.13. The smallest absolute Gasteiger partial charge is 0.263 e. The third-order valence-corrected chi connectivity index (χ3v) is 6.36. The van der Waals surface area contributed by atoms with Crippen molar-refractivity contribution in [3.05, 3.63) is 45.9 Å². The van der Waals surface area contributed by atoms with E-state index >= 15 is 0 Å². The lowest BCUT2D eigenvalue weighted by atomic mass is 10.3. The van der Waals surface area contributed by atoms with Gasteiger partial charge in [-0.1, -0.05) is 16.8 Å². The summed E-state index contributed by atoms with van der Waals surface area (Å²) in [6, 6.07) is 8.05. The average molecular weight is 399 g/mol. The molecule has 0 aliphatic carbocycles. The van der Waals surface area contributed by atoms with Crippen molar-refractivity contribution < 1.29 is 17.7 Å². The number of halogens is 1. The Balaban J connectivity index is 1.98. The summed E-state index contributed by atoms with van der Waals surface area (Å²) in [7, 11) is -2.35. The van der Waals surface area contributed by atoms with Crippen LogP contribution in [0.2, 0.25) is 5.02 Å². The molecule has 132 valence electrons. The van der Waals surface area contributed by atoms with E-state index in [1.807, 2.05) is 0 Å². The zero-order valence-corrected chi connectivity index (χ0v) is 16.1. The summed E-state index contributed by atoms with van der Waals surface area (Å²) in [6.45, 7) is 3.54. The minimum Gasteiger partial charge on any atom is -0.495 e. The van der Waals surface area contributed by atoms with Crippen LogP contribution in [0.5, 0.6) is 5.75 Å². The zero-order valence-electron chi connectivity index (χ0n) is 13.7. The fraction of sp³-hybridized carbons (Fsp3) is 0.188. The number of rotatable bonds is 5. The largest absolute Gasteiger partial charge is 0.495 e. The molecule has 3 aromatic rings. The summed E-state index contributed by atoms with van der Waals surface area (Å²) < 4.78 is 38.5. The molecule has 2 heterocycles. The molecule has 0 radical (unpaired) electrons. The van der Waals surface area contributed by atoms with E-state index in [2.05, 4.69) is 9.88 Å². The Kier molecular flexibility index (Phi) is 4.77. The number of nitrogens with zero attached hydrogens (tertiary/aromatic N) is 1. The van der Waals surface area contributed by atoms with Gasteiger partial charge in [-0.25, -0.2) is 8.42 Å². The van der Waals surface area contributed by atoms with Crippen molar-refractivity contribution in [1.82, 2.24) is 5.16 Å². The summed E-state index contributed by atoms with van der Waals surface area (Å²) in [6.07, 6.45) is 0. The number of benzene rings is 1. The minimum atomic E-state index is -3.81. The quantitative estimate of drug-likeness (QED) is 0.685. The Morgan fingerprint density at radius 3 is 2.64 bits per heavy atom. The Bertz CT molecular complexity index is 1020. The highest BCUT2D eigenvalue weighted by Gasteiger charge is 2.23. The lowest BCUT2D eigenvalue weighted by molar-refractivity contribution is 0.417. The fourth-order valence-corrected chi connectivity index (χ4v) is 5.07. The highest BCUT2D eigenvalue weighted by molar-refractivity contribution is 7.93. The first-order valence-electron chi connectivity index (χ1n) is 7.20. The van der Waals surface area contributed by atoms with Crippen LogP contribution in [-0.2, 0) is 10.0 Å². The van der Waals surface area contributed by atoms with Crippen molar-refractivity contribution in [1.29, 1.82) is 0 Å². The van der Waals surface area contributed by atoms with Gasteiger partial charge in [0.25, 0.3) is 10.0 Å². The molecule has 0 saturated carbocycles. The highest BCUT2D eigenvalue weighted by Crippen LogP contribution is 2.36. The van der Waals surface area contributed by atoms with Gasteiger partial charge >= 0.3 is 0 Å². The number of ether oxygens (including phenoxy) is 1. The van der Waals surface area contributed by atoms with Crippen molar-refractivity contribution in [2.45, 2.75) is 18.7 Å². The molecule has 0 saturated heterocycles. The molecular weight excluding hydrogens is 384 g/mol. The molecule has 0 amide bonds. The van der Waals surface area contributed by atoms with E-state index in [0.717, 1.165) is 5.69 Å². The summed E-state index contributed by atoms with van der Waals surface area (Å²) in [4.78, 5) is 1.50. The lowest BCUT2D eigenvalue weighted by Gasteiger charge is -2.12. The van der Waals surface area contributed by atoms with E-state index in [0.29, 0.717) is 26.3 Å². The van der Waals surface area contributed by atoms with Gasteiger partial charge in [0, 0.05) is 16.0 Å². The van der Waals surface area contributed by atoms with Crippen molar-refractivity contribution in [3.63, 3.8) is 0 Å². The van der Waals surface area contributed by atoms with E-state index in [4.69, 9.17) is 20.9 Å². The maximum atomic E-state index is 12.8. The van der Waals surface area contributed by atoms with Gasteiger partial charge in [-0.05, 0) is 38.1 Å². The first kappa shape index (κ1) is 17.8. The Morgan fingerprint density at radius 1 is 1.24 bits per heavy atom. The topological polar surface area (TPSA) is 81.4 Å².